The van der Waals surface area contributed by atoms with Gasteiger partial charge in [0, 0.05) is 11.7 Å². The lowest BCUT2D eigenvalue weighted by Gasteiger charge is -2.32. The van der Waals surface area contributed by atoms with Crippen molar-refractivity contribution in [3.05, 3.63) is 17.8 Å². The molecule has 3 rings (SSSR count). The van der Waals surface area contributed by atoms with Gasteiger partial charge in [0.05, 0.1) is 16.5 Å². The van der Waals surface area contributed by atoms with E-state index in [0.29, 0.717) is 5.82 Å². The van der Waals surface area contributed by atoms with Gasteiger partial charge in [-0.05, 0) is 53.0 Å². The van der Waals surface area contributed by atoms with E-state index in [1.54, 1.807) is 6.20 Å². The van der Waals surface area contributed by atoms with Crippen LogP contribution in [-0.2, 0) is 19.3 Å². The van der Waals surface area contributed by atoms with Crippen LogP contribution < -0.4 is 10.2 Å². The molecule has 2 aliphatic rings. The molecule has 1 saturated heterocycles. The molecule has 1 saturated carbocycles. The minimum Gasteiger partial charge on any atom is -0.399 e. The molecule has 1 aliphatic carbocycles. The highest BCUT2D eigenvalue weighted by atomic mass is 32.2. The third-order valence-electron chi connectivity index (χ3n) is 4.83. The highest BCUT2D eigenvalue weighted by Crippen LogP contribution is 2.36. The molecule has 1 aromatic heterocycles. The van der Waals surface area contributed by atoms with Gasteiger partial charge in [-0.3, -0.25) is 4.72 Å². The Hall–Kier alpha value is -1.12. The fourth-order valence-electron chi connectivity index (χ4n) is 2.41. The maximum atomic E-state index is 12.0. The molecule has 23 heavy (non-hydrogen) atoms. The molecule has 0 spiro atoms. The van der Waals surface area contributed by atoms with Crippen LogP contribution in [0.3, 0.4) is 0 Å². The summed E-state index contributed by atoms with van der Waals surface area (Å²) in [6.07, 6.45) is 3.06. The predicted molar refractivity (Wildman–Crippen MR) is 90.3 cm³/mol. The van der Waals surface area contributed by atoms with E-state index < -0.39 is 28.3 Å². The molecule has 0 unspecified atom stereocenters. The topological polar surface area (TPSA) is 77.5 Å². The summed E-state index contributed by atoms with van der Waals surface area (Å²) >= 11 is 0. The van der Waals surface area contributed by atoms with Gasteiger partial charge in [-0.1, -0.05) is 6.07 Å². The Kier molecular flexibility index (Phi) is 3.78. The van der Waals surface area contributed by atoms with E-state index in [9.17, 15) is 8.42 Å². The fraction of sp³-hybridized carbons (Fsp3) is 0.667. The molecule has 0 radical (unpaired) electrons. The Balaban J connectivity index is 1.80. The second kappa shape index (κ2) is 5.19. The van der Waals surface area contributed by atoms with Crippen LogP contribution in [0.5, 0.6) is 0 Å². The van der Waals surface area contributed by atoms with Crippen LogP contribution in [-0.4, -0.2) is 37.0 Å². The molecule has 2 fully saturated rings. The van der Waals surface area contributed by atoms with Crippen molar-refractivity contribution in [2.75, 3.05) is 4.72 Å². The number of hydrogen-bond donors (Lipinski definition) is 1. The molecule has 1 N–H and O–H groups in total. The summed E-state index contributed by atoms with van der Waals surface area (Å²) in [5, 5.41) is -0.272. The lowest BCUT2D eigenvalue weighted by atomic mass is 9.80. The van der Waals surface area contributed by atoms with Crippen LogP contribution in [0.4, 0.5) is 5.82 Å². The molecule has 8 heteroatoms. The Morgan fingerprint density at radius 2 is 1.78 bits per heavy atom. The maximum absolute atomic E-state index is 12.0. The molecular formula is C15H23BN2O4S. The Bertz CT molecular complexity index is 713. The van der Waals surface area contributed by atoms with Crippen LogP contribution in [0, 0.1) is 6.92 Å². The number of nitrogens with zero attached hydrogens (tertiary/aromatic N) is 1. The van der Waals surface area contributed by atoms with Crippen molar-refractivity contribution in [3.8, 4) is 0 Å². The van der Waals surface area contributed by atoms with Crippen molar-refractivity contribution in [1.82, 2.24) is 4.98 Å². The number of aromatic nitrogens is 1. The van der Waals surface area contributed by atoms with Gasteiger partial charge in [0.15, 0.2) is 0 Å². The molecule has 0 atom stereocenters. The molecule has 0 amide bonds. The van der Waals surface area contributed by atoms with E-state index >= 15 is 0 Å². The molecule has 2 heterocycles. The zero-order valence-electron chi connectivity index (χ0n) is 14.2. The van der Waals surface area contributed by atoms with E-state index in [1.807, 2.05) is 40.7 Å². The highest BCUT2D eigenvalue weighted by Gasteiger charge is 2.51. The second-order valence-electron chi connectivity index (χ2n) is 7.37. The number of hydrogen-bond acceptors (Lipinski definition) is 5. The van der Waals surface area contributed by atoms with E-state index in [0.717, 1.165) is 23.9 Å². The van der Waals surface area contributed by atoms with Crippen molar-refractivity contribution < 1.29 is 17.7 Å². The van der Waals surface area contributed by atoms with Gasteiger partial charge in [-0.2, -0.15) is 0 Å². The molecule has 6 nitrogen and oxygen atoms in total. The van der Waals surface area contributed by atoms with Gasteiger partial charge in [0.25, 0.3) is 0 Å². The quantitative estimate of drug-likeness (QED) is 0.844. The number of nitrogens with one attached hydrogen (secondary N) is 1. The van der Waals surface area contributed by atoms with Crippen molar-refractivity contribution in [2.45, 2.75) is 63.9 Å². The summed E-state index contributed by atoms with van der Waals surface area (Å²) in [6.45, 7) is 9.79. The summed E-state index contributed by atoms with van der Waals surface area (Å²) in [5.74, 6) is 0.372. The number of aryl methyl sites for hydroxylation is 1. The summed E-state index contributed by atoms with van der Waals surface area (Å²) in [7, 11) is -3.81. The lowest BCUT2D eigenvalue weighted by Crippen LogP contribution is -2.41. The first kappa shape index (κ1) is 16.7. The minimum atomic E-state index is -3.31. The first-order chi connectivity index (χ1) is 10.5. The highest BCUT2D eigenvalue weighted by molar-refractivity contribution is 7.93. The summed E-state index contributed by atoms with van der Waals surface area (Å²) in [5.41, 5.74) is 0.701. The average Bonchev–Trinajstić information content (AvgIpc) is 3.21. The first-order valence-electron chi connectivity index (χ1n) is 7.86. The van der Waals surface area contributed by atoms with Crippen LogP contribution in [0.1, 0.15) is 46.1 Å². The SMILES string of the molecule is Cc1cc(B2OC(C)(C)C(C)(C)O2)cnc1NS(=O)(=O)C1CC1. The molecule has 1 aromatic rings. The van der Waals surface area contributed by atoms with Gasteiger partial charge in [0.2, 0.25) is 10.0 Å². The number of rotatable bonds is 4. The minimum absolute atomic E-state index is 0.272. The maximum Gasteiger partial charge on any atom is 0.496 e. The number of pyridine rings is 1. The summed E-state index contributed by atoms with van der Waals surface area (Å²) in [6, 6.07) is 1.86. The Labute approximate surface area is 138 Å². The first-order valence-corrected chi connectivity index (χ1v) is 9.40. The normalized spacial score (nSPS) is 23.1. The second-order valence-corrected chi connectivity index (χ2v) is 9.33. The van der Waals surface area contributed by atoms with Gasteiger partial charge >= 0.3 is 7.12 Å². The zero-order chi connectivity index (χ0) is 17.0. The van der Waals surface area contributed by atoms with E-state index in [4.69, 9.17) is 9.31 Å². The van der Waals surface area contributed by atoms with Crippen LogP contribution >= 0.6 is 0 Å². The molecule has 126 valence electrons. The van der Waals surface area contributed by atoms with Gasteiger partial charge in [-0.25, -0.2) is 13.4 Å². The zero-order valence-corrected chi connectivity index (χ0v) is 15.0. The smallest absolute Gasteiger partial charge is 0.399 e. The Morgan fingerprint density at radius 1 is 1.22 bits per heavy atom. The summed E-state index contributed by atoms with van der Waals surface area (Å²) < 4.78 is 38.6. The number of sulfonamides is 1. The van der Waals surface area contributed by atoms with Gasteiger partial charge in [0.1, 0.15) is 5.82 Å². The molecule has 1 aliphatic heterocycles. The van der Waals surface area contributed by atoms with E-state index in [-0.39, 0.29) is 5.25 Å². The fourth-order valence-corrected chi connectivity index (χ4v) is 3.81. The lowest BCUT2D eigenvalue weighted by molar-refractivity contribution is 0.00578. The van der Waals surface area contributed by atoms with Crippen LogP contribution in [0.25, 0.3) is 0 Å². The molecule has 0 aromatic carbocycles. The van der Waals surface area contributed by atoms with Crippen molar-refractivity contribution in [1.29, 1.82) is 0 Å². The predicted octanol–water partition coefficient (Wildman–Crippen LogP) is 1.59. The summed E-state index contributed by atoms with van der Waals surface area (Å²) in [4.78, 5) is 4.26. The standard InChI is InChI=1S/C15H23BN2O4S/c1-10-8-11(16-21-14(2,3)15(4,5)22-16)9-17-13(10)18-23(19,20)12-6-7-12/h8-9,12H,6-7H2,1-5H3,(H,17,18). The van der Waals surface area contributed by atoms with Crippen LogP contribution in [0.2, 0.25) is 0 Å². The van der Waals surface area contributed by atoms with Gasteiger partial charge < -0.3 is 9.31 Å². The van der Waals surface area contributed by atoms with Crippen molar-refractivity contribution in [3.63, 3.8) is 0 Å². The monoisotopic (exact) mass is 338 g/mol. The van der Waals surface area contributed by atoms with E-state index in [2.05, 4.69) is 9.71 Å². The van der Waals surface area contributed by atoms with Crippen LogP contribution in [0.15, 0.2) is 12.3 Å². The largest absolute Gasteiger partial charge is 0.496 e. The average molecular weight is 338 g/mol. The molecular weight excluding hydrogens is 315 g/mol. The van der Waals surface area contributed by atoms with Crippen molar-refractivity contribution >= 4 is 28.4 Å². The third kappa shape index (κ3) is 3.12. The van der Waals surface area contributed by atoms with Crippen molar-refractivity contribution in [2.24, 2.45) is 0 Å². The third-order valence-corrected chi connectivity index (χ3v) is 6.65. The van der Waals surface area contributed by atoms with Gasteiger partial charge in [-0.15, -0.1) is 0 Å². The Morgan fingerprint density at radius 3 is 2.26 bits per heavy atom. The molecule has 0 bridgehead atoms. The van der Waals surface area contributed by atoms with E-state index in [1.165, 1.54) is 0 Å². The number of anilines is 1.